The van der Waals surface area contributed by atoms with E-state index in [1.54, 1.807) is 65.0 Å². The molecule has 0 fully saturated rings. The van der Waals surface area contributed by atoms with E-state index in [-0.39, 0.29) is 43.3 Å². The number of allylic oxidation sites excluding steroid dienone is 4. The first-order chi connectivity index (χ1) is 17.9. The first kappa shape index (κ1) is 26.7. The zero-order valence-corrected chi connectivity index (χ0v) is 22.0. The fraction of sp³-hybridized carbons (Fsp3) is 0.345. The predicted molar refractivity (Wildman–Crippen MR) is 142 cm³/mol. The summed E-state index contributed by atoms with van der Waals surface area (Å²) in [5.74, 6) is -1.48. The van der Waals surface area contributed by atoms with Crippen molar-refractivity contribution in [3.8, 4) is 0 Å². The molecule has 38 heavy (non-hydrogen) atoms. The highest BCUT2D eigenvalue weighted by molar-refractivity contribution is 6.26. The Morgan fingerprint density at radius 1 is 0.921 bits per heavy atom. The minimum Gasteiger partial charge on any atom is -0.299 e. The minimum atomic E-state index is -0.861. The molecule has 194 valence electrons. The number of amides is 2. The third-order valence-electron chi connectivity index (χ3n) is 7.46. The van der Waals surface area contributed by atoms with Gasteiger partial charge in [-0.05, 0) is 49.4 Å². The highest BCUT2D eigenvalue weighted by Crippen LogP contribution is 2.40. The zero-order valence-electron chi connectivity index (χ0n) is 22.0. The Morgan fingerprint density at radius 3 is 2.21 bits per heavy atom. The summed E-state index contributed by atoms with van der Waals surface area (Å²) in [6, 6.07) is 8.44. The lowest BCUT2D eigenvalue weighted by molar-refractivity contribution is -0.121. The number of imide groups is 1. The van der Waals surface area contributed by atoms with E-state index >= 15 is 0 Å². The van der Waals surface area contributed by atoms with Crippen LogP contribution in [0.5, 0.6) is 0 Å². The number of ketones is 3. The molecule has 2 amide bonds. The summed E-state index contributed by atoms with van der Waals surface area (Å²) >= 11 is 0. The lowest BCUT2D eigenvalue weighted by Crippen LogP contribution is -2.41. The van der Waals surface area contributed by atoms with Crippen LogP contribution in [0.1, 0.15) is 67.3 Å². The fourth-order valence-corrected chi connectivity index (χ4v) is 5.52. The van der Waals surface area contributed by atoms with Gasteiger partial charge >= 0.3 is 0 Å². The van der Waals surface area contributed by atoms with Crippen molar-refractivity contribution in [2.75, 3.05) is 13.1 Å². The molecule has 0 spiro atoms. The van der Waals surface area contributed by atoms with Crippen LogP contribution in [0.4, 0.5) is 0 Å². The van der Waals surface area contributed by atoms with Crippen molar-refractivity contribution in [3.05, 3.63) is 79.8 Å². The number of hydrogen-bond donors (Lipinski definition) is 0. The molecule has 9 nitrogen and oxygen atoms in total. The van der Waals surface area contributed by atoms with Crippen LogP contribution in [0.2, 0.25) is 0 Å². The van der Waals surface area contributed by atoms with E-state index in [2.05, 4.69) is 10.0 Å². The number of azide groups is 1. The van der Waals surface area contributed by atoms with Gasteiger partial charge in [0, 0.05) is 75.1 Å². The quantitative estimate of drug-likeness (QED) is 0.160. The molecule has 0 bridgehead atoms. The maximum Gasteiger partial charge on any atom is 0.261 e. The second kappa shape index (κ2) is 9.84. The maximum atomic E-state index is 13.3. The summed E-state index contributed by atoms with van der Waals surface area (Å²) in [7, 11) is 0. The summed E-state index contributed by atoms with van der Waals surface area (Å²) in [5.41, 5.74) is 10.6. The number of carbonyl (C=O) groups excluding carboxylic acids is 5. The van der Waals surface area contributed by atoms with Crippen LogP contribution in [0.15, 0.2) is 57.7 Å². The number of hydrogen-bond acceptors (Lipinski definition) is 6. The van der Waals surface area contributed by atoms with Gasteiger partial charge in [-0.2, -0.15) is 0 Å². The van der Waals surface area contributed by atoms with Gasteiger partial charge in [-0.3, -0.25) is 28.9 Å². The van der Waals surface area contributed by atoms with E-state index in [4.69, 9.17) is 5.53 Å². The third-order valence-corrected chi connectivity index (χ3v) is 7.46. The fourth-order valence-electron chi connectivity index (χ4n) is 5.52. The van der Waals surface area contributed by atoms with Crippen molar-refractivity contribution < 1.29 is 24.0 Å². The molecule has 2 aromatic rings. The molecule has 1 aliphatic heterocycles. The molecule has 2 aromatic carbocycles. The van der Waals surface area contributed by atoms with Gasteiger partial charge < -0.3 is 0 Å². The normalized spacial score (nSPS) is 16.0. The van der Waals surface area contributed by atoms with E-state index in [0.29, 0.717) is 49.8 Å². The molecule has 4 rings (SSSR count). The van der Waals surface area contributed by atoms with Crippen molar-refractivity contribution in [2.24, 2.45) is 10.5 Å². The highest BCUT2D eigenvalue weighted by Gasteiger charge is 2.38. The Morgan fingerprint density at radius 2 is 1.55 bits per heavy atom. The van der Waals surface area contributed by atoms with E-state index < -0.39 is 17.2 Å². The van der Waals surface area contributed by atoms with Crippen molar-refractivity contribution >= 4 is 39.9 Å². The molecule has 0 aromatic heterocycles. The summed E-state index contributed by atoms with van der Waals surface area (Å²) in [5, 5.41) is 4.55. The Balaban J connectivity index is 1.64. The van der Waals surface area contributed by atoms with Crippen LogP contribution < -0.4 is 0 Å². The van der Waals surface area contributed by atoms with E-state index in [9.17, 15) is 24.0 Å². The Kier molecular flexibility index (Phi) is 6.91. The Hall–Kier alpha value is -4.36. The van der Waals surface area contributed by atoms with E-state index in [1.807, 2.05) is 0 Å². The van der Waals surface area contributed by atoms with Crippen LogP contribution in [0.3, 0.4) is 0 Å². The maximum absolute atomic E-state index is 13.3. The van der Waals surface area contributed by atoms with Gasteiger partial charge in [0.15, 0.2) is 11.6 Å². The SMILES string of the molecule is CC1=C(C)C(=O)C(C(C)(C)CC(=O)Cc2ccc3c4c(cccc24)C(=O)N(CCN=[N+]=[N-])C3=O)=C(C)C1=O. The van der Waals surface area contributed by atoms with Crippen LogP contribution in [0.25, 0.3) is 21.2 Å². The standard InChI is InChI=1S/C29H28N4O5/c1-15-16(2)26(36)24(17(3)25(15)35)29(4,5)14-19(34)13-18-9-10-22-23-20(18)7-6-8-21(23)27(37)33(28(22)38)12-11-31-32-30/h6-10H,11-14H2,1-5H3. The van der Waals surface area contributed by atoms with Gasteiger partial charge in [-0.25, -0.2) is 0 Å². The molecule has 0 unspecified atom stereocenters. The average Bonchev–Trinajstić information content (AvgIpc) is 2.87. The van der Waals surface area contributed by atoms with Crippen LogP contribution >= 0.6 is 0 Å². The first-order valence-corrected chi connectivity index (χ1v) is 12.3. The lowest BCUT2D eigenvalue weighted by atomic mass is 9.70. The lowest BCUT2D eigenvalue weighted by Gasteiger charge is -2.31. The Labute approximate surface area is 219 Å². The second-order valence-electron chi connectivity index (χ2n) is 10.4. The zero-order chi connectivity index (χ0) is 27.9. The van der Waals surface area contributed by atoms with Crippen molar-refractivity contribution in [1.82, 2.24) is 4.90 Å². The van der Waals surface area contributed by atoms with Crippen molar-refractivity contribution in [2.45, 2.75) is 47.5 Å². The molecular weight excluding hydrogens is 484 g/mol. The van der Waals surface area contributed by atoms with Gasteiger partial charge in [0.25, 0.3) is 11.8 Å². The number of benzene rings is 2. The van der Waals surface area contributed by atoms with Crippen LogP contribution in [0, 0.1) is 5.41 Å². The Bertz CT molecular complexity index is 1550. The molecule has 0 radical (unpaired) electrons. The van der Waals surface area contributed by atoms with Gasteiger partial charge in [0.1, 0.15) is 5.78 Å². The van der Waals surface area contributed by atoms with Gasteiger partial charge in [0.2, 0.25) is 0 Å². The molecule has 2 aliphatic rings. The largest absolute Gasteiger partial charge is 0.299 e. The summed E-state index contributed by atoms with van der Waals surface area (Å²) in [4.78, 5) is 69.0. The van der Waals surface area contributed by atoms with E-state index in [1.165, 1.54) is 0 Å². The molecule has 1 heterocycles. The third kappa shape index (κ3) is 4.35. The van der Waals surface area contributed by atoms with Gasteiger partial charge in [-0.1, -0.05) is 37.2 Å². The second-order valence-corrected chi connectivity index (χ2v) is 10.4. The predicted octanol–water partition coefficient (Wildman–Crippen LogP) is 5.08. The number of carbonyl (C=O) groups is 5. The van der Waals surface area contributed by atoms with Crippen LogP contribution in [-0.2, 0) is 20.8 Å². The number of Topliss-reactive ketones (excluding diaryl/α,β-unsaturated/α-hetero) is 3. The molecule has 1 aliphatic carbocycles. The molecular formula is C29H28N4O5. The molecule has 0 saturated heterocycles. The first-order valence-electron chi connectivity index (χ1n) is 12.3. The molecule has 0 atom stereocenters. The molecule has 0 N–H and O–H groups in total. The average molecular weight is 513 g/mol. The minimum absolute atomic E-state index is 0.0272. The topological polar surface area (TPSA) is 137 Å². The number of nitrogens with zero attached hydrogens (tertiary/aromatic N) is 4. The van der Waals surface area contributed by atoms with Crippen molar-refractivity contribution in [1.29, 1.82) is 0 Å². The molecule has 9 heteroatoms. The number of rotatable bonds is 8. The monoisotopic (exact) mass is 512 g/mol. The van der Waals surface area contributed by atoms with Gasteiger partial charge in [0.05, 0.1) is 0 Å². The summed E-state index contributed by atoms with van der Waals surface area (Å²) in [6.45, 7) is 8.44. The van der Waals surface area contributed by atoms with Gasteiger partial charge in [-0.15, -0.1) is 0 Å². The molecule has 0 saturated carbocycles. The van der Waals surface area contributed by atoms with Crippen molar-refractivity contribution in [3.63, 3.8) is 0 Å². The highest BCUT2D eigenvalue weighted by atomic mass is 16.2. The van der Waals surface area contributed by atoms with Crippen LogP contribution in [-0.4, -0.2) is 47.2 Å². The smallest absolute Gasteiger partial charge is 0.261 e. The van der Waals surface area contributed by atoms with E-state index in [0.717, 1.165) is 4.90 Å². The summed E-state index contributed by atoms with van der Waals surface area (Å²) in [6.07, 6.45) is 0.0773. The summed E-state index contributed by atoms with van der Waals surface area (Å²) < 4.78 is 0.